The van der Waals surface area contributed by atoms with Gasteiger partial charge in [0.15, 0.2) is 0 Å². The van der Waals surface area contributed by atoms with Gasteiger partial charge in [0.05, 0.1) is 15.9 Å². The van der Waals surface area contributed by atoms with E-state index in [0.29, 0.717) is 0 Å². The predicted molar refractivity (Wildman–Crippen MR) is 90.5 cm³/mol. The van der Waals surface area contributed by atoms with Gasteiger partial charge in [-0.25, -0.2) is 0 Å². The van der Waals surface area contributed by atoms with Crippen LogP contribution < -0.4 is 28.3 Å². The molecule has 3 radical (unpaired) electrons. The predicted octanol–water partition coefficient (Wildman–Crippen LogP) is 0.769. The molecular formula is C19H17ClPRe3-. The number of halogens is 1. The molecule has 0 aliphatic rings. The van der Waals surface area contributed by atoms with Gasteiger partial charge in [0.2, 0.25) is 0 Å². The van der Waals surface area contributed by atoms with Gasteiger partial charge >= 0.3 is 0 Å². The van der Waals surface area contributed by atoms with E-state index in [4.69, 9.17) is 6.66 Å². The summed E-state index contributed by atoms with van der Waals surface area (Å²) < 4.78 is 0. The Hall–Kier alpha value is 0.367. The summed E-state index contributed by atoms with van der Waals surface area (Å²) in [5.74, 6) is 0. The van der Waals surface area contributed by atoms with Gasteiger partial charge in [0, 0.05) is 61.3 Å². The number of hydrogen-bond acceptors (Lipinski definition) is 0. The van der Waals surface area contributed by atoms with Gasteiger partial charge in [0.25, 0.3) is 0 Å². The minimum atomic E-state index is -1.78. The van der Waals surface area contributed by atoms with Gasteiger partial charge in [-0.3, -0.25) is 0 Å². The molecule has 0 heterocycles. The summed E-state index contributed by atoms with van der Waals surface area (Å²) in [5.41, 5.74) is 0. The van der Waals surface area contributed by atoms with E-state index in [1.54, 1.807) is 0 Å². The van der Waals surface area contributed by atoms with Crippen LogP contribution in [0.4, 0.5) is 0 Å². The molecule has 0 saturated heterocycles. The molecule has 0 aliphatic carbocycles. The summed E-state index contributed by atoms with van der Waals surface area (Å²) in [4.78, 5) is 0. The van der Waals surface area contributed by atoms with Crippen molar-refractivity contribution in [3.63, 3.8) is 0 Å². The van der Waals surface area contributed by atoms with E-state index in [0.717, 1.165) is 0 Å². The topological polar surface area (TPSA) is 0 Å². The molecule has 0 nitrogen and oxygen atoms in total. The maximum Gasteiger partial charge on any atom is 0.0748 e. The van der Waals surface area contributed by atoms with Crippen molar-refractivity contribution in [2.24, 2.45) is 0 Å². The molecule has 0 saturated carbocycles. The van der Waals surface area contributed by atoms with Crippen LogP contribution in [-0.2, 0) is 61.3 Å². The average molecular weight is 870 g/mol. The Morgan fingerprint density at radius 1 is 0.458 bits per heavy atom. The van der Waals surface area contributed by atoms with E-state index in [2.05, 4.69) is 91.0 Å². The molecule has 0 spiro atoms. The number of rotatable bonds is 3. The molecule has 0 amide bonds. The summed E-state index contributed by atoms with van der Waals surface area (Å²) in [6, 6.07) is 31.9. The molecule has 0 aromatic heterocycles. The zero-order valence-electron chi connectivity index (χ0n) is 12.8. The van der Waals surface area contributed by atoms with Crippen molar-refractivity contribution in [3.05, 3.63) is 97.7 Å². The Morgan fingerprint density at radius 3 is 0.875 bits per heavy atom. The van der Waals surface area contributed by atoms with Crippen molar-refractivity contribution in [1.82, 2.24) is 0 Å². The molecule has 0 aliphatic heterocycles. The maximum atomic E-state index is 4.69. The van der Waals surface area contributed by atoms with E-state index < -0.39 is 7.26 Å². The van der Waals surface area contributed by atoms with Gasteiger partial charge < -0.3 is 12.4 Å². The molecular weight excluding hydrogens is 853 g/mol. The van der Waals surface area contributed by atoms with Gasteiger partial charge in [-0.1, -0.05) is 54.6 Å². The van der Waals surface area contributed by atoms with Crippen molar-refractivity contribution in [2.45, 2.75) is 0 Å². The van der Waals surface area contributed by atoms with Crippen LogP contribution in [0.5, 0.6) is 0 Å². The molecule has 3 aromatic rings. The van der Waals surface area contributed by atoms with Gasteiger partial charge in [-0.15, -0.1) is 0 Å². The molecule has 0 unspecified atom stereocenters. The fourth-order valence-electron chi connectivity index (χ4n) is 2.49. The first-order valence-electron chi connectivity index (χ1n) is 6.72. The first-order chi connectivity index (χ1) is 9.82. The minimum absolute atomic E-state index is 0. The fraction of sp³-hybridized carbons (Fsp3) is 0. The van der Waals surface area contributed by atoms with Crippen molar-refractivity contribution in [2.75, 3.05) is 0 Å². The molecule has 0 atom stereocenters. The second-order valence-electron chi connectivity index (χ2n) is 4.82. The molecule has 0 bridgehead atoms. The molecule has 3 rings (SSSR count). The average Bonchev–Trinajstić information content (AvgIpc) is 2.56. The maximum absolute atomic E-state index is 4.69. The van der Waals surface area contributed by atoms with Gasteiger partial charge in [0.1, 0.15) is 0 Å². The van der Waals surface area contributed by atoms with E-state index in [1.165, 1.54) is 15.9 Å². The second-order valence-corrected chi connectivity index (χ2v) is 7.99. The minimum Gasteiger partial charge on any atom is -1.00 e. The SMILES string of the molecule is [CH2-][P+](c1ccccc1)(c1ccccc1)c1ccccc1.[Cl-].[Re].[Re].[Re]. The summed E-state index contributed by atoms with van der Waals surface area (Å²) in [6.07, 6.45) is 0. The van der Waals surface area contributed by atoms with E-state index >= 15 is 0 Å². The summed E-state index contributed by atoms with van der Waals surface area (Å²) in [5, 5.41) is 3.95. The Labute approximate surface area is 192 Å². The van der Waals surface area contributed by atoms with Gasteiger partial charge in [-0.05, 0) is 43.7 Å². The van der Waals surface area contributed by atoms with Crippen molar-refractivity contribution < 1.29 is 73.7 Å². The van der Waals surface area contributed by atoms with Crippen molar-refractivity contribution in [1.29, 1.82) is 0 Å². The van der Waals surface area contributed by atoms with Crippen LogP contribution in [0.1, 0.15) is 0 Å². The smallest absolute Gasteiger partial charge is 0.0748 e. The van der Waals surface area contributed by atoms with Crippen LogP contribution in [0.3, 0.4) is 0 Å². The molecule has 127 valence electrons. The fourth-order valence-corrected chi connectivity index (χ4v) is 5.43. The van der Waals surface area contributed by atoms with E-state index in [-0.39, 0.29) is 73.7 Å². The monoisotopic (exact) mass is 872 g/mol. The zero-order chi connectivity index (χ0) is 13.8. The van der Waals surface area contributed by atoms with Crippen LogP contribution in [0, 0.1) is 6.66 Å². The summed E-state index contributed by atoms with van der Waals surface area (Å²) in [6.45, 7) is 4.69. The van der Waals surface area contributed by atoms with Crippen LogP contribution in [-0.4, -0.2) is 0 Å². The Bertz CT molecular complexity index is 582. The Balaban J connectivity index is 0. The second kappa shape index (κ2) is 12.7. The number of hydrogen-bond donors (Lipinski definition) is 0. The molecule has 0 N–H and O–H groups in total. The molecule has 3 aromatic carbocycles. The van der Waals surface area contributed by atoms with Crippen LogP contribution in [0.25, 0.3) is 0 Å². The summed E-state index contributed by atoms with van der Waals surface area (Å²) in [7, 11) is -1.78. The first kappa shape index (κ1) is 26.6. The van der Waals surface area contributed by atoms with E-state index in [9.17, 15) is 0 Å². The quantitative estimate of drug-likeness (QED) is 0.270. The van der Waals surface area contributed by atoms with Crippen molar-refractivity contribution in [3.8, 4) is 0 Å². The molecule has 24 heavy (non-hydrogen) atoms. The largest absolute Gasteiger partial charge is 1.00 e. The first-order valence-corrected chi connectivity index (χ1v) is 8.69. The molecule has 5 heteroatoms. The van der Waals surface area contributed by atoms with Crippen molar-refractivity contribution >= 4 is 23.2 Å². The number of benzene rings is 3. The standard InChI is InChI=1S/C19H17P.ClH.3Re/c1-20(17-11-5-2-6-12-17,18-13-7-3-8-14-18)19-15-9-4-10-16-19;;;;/h2-16H,1H2;1H;;;/p-1. The van der Waals surface area contributed by atoms with Gasteiger partial charge in [-0.2, -0.15) is 6.66 Å². The normalized spacial score (nSPS) is 9.38. The summed E-state index contributed by atoms with van der Waals surface area (Å²) >= 11 is 0. The van der Waals surface area contributed by atoms with E-state index in [1.807, 2.05) is 0 Å². The molecule has 0 fully saturated rings. The zero-order valence-corrected chi connectivity index (χ0v) is 22.6. The third kappa shape index (κ3) is 5.69. The van der Waals surface area contributed by atoms with Crippen LogP contribution in [0.2, 0.25) is 0 Å². The third-order valence-corrected chi connectivity index (χ3v) is 7.13. The Kier molecular flexibility index (Phi) is 14.0. The Morgan fingerprint density at radius 2 is 0.667 bits per heavy atom. The third-order valence-electron chi connectivity index (χ3n) is 3.59. The van der Waals surface area contributed by atoms with Crippen LogP contribution in [0.15, 0.2) is 91.0 Å². The van der Waals surface area contributed by atoms with Crippen LogP contribution >= 0.6 is 7.26 Å².